The van der Waals surface area contributed by atoms with Crippen molar-refractivity contribution in [2.24, 2.45) is 17.2 Å². The molecule has 0 fully saturated rings. The molecule has 13 nitrogen and oxygen atoms in total. The van der Waals surface area contributed by atoms with Crippen LogP contribution in [0.3, 0.4) is 0 Å². The third-order valence-electron chi connectivity index (χ3n) is 6.52. The van der Waals surface area contributed by atoms with E-state index in [1.807, 2.05) is 0 Å². The second kappa shape index (κ2) is 17.4. The van der Waals surface area contributed by atoms with Crippen LogP contribution in [0.5, 0.6) is 5.75 Å². The molecule has 0 radical (unpaired) electrons. The maximum atomic E-state index is 13.5. The molecule has 2 aromatic rings. The lowest BCUT2D eigenvalue weighted by Crippen LogP contribution is -2.57. The highest BCUT2D eigenvalue weighted by molar-refractivity contribution is 5.94. The van der Waals surface area contributed by atoms with Crippen molar-refractivity contribution >= 4 is 29.6 Å². The van der Waals surface area contributed by atoms with Crippen LogP contribution in [-0.2, 0) is 36.8 Å². The number of rotatable bonds is 18. The molecule has 0 heterocycles. The average molecular weight is 585 g/mol. The Kier molecular flexibility index (Phi) is 13.9. The van der Waals surface area contributed by atoms with E-state index in [2.05, 4.69) is 16.0 Å². The number of phenols is 1. The van der Waals surface area contributed by atoms with Crippen molar-refractivity contribution in [3.63, 3.8) is 0 Å². The van der Waals surface area contributed by atoms with Gasteiger partial charge in [-0.25, -0.2) is 4.79 Å². The lowest BCUT2D eigenvalue weighted by molar-refractivity contribution is -0.142. The van der Waals surface area contributed by atoms with Gasteiger partial charge in [0.2, 0.25) is 23.6 Å². The summed E-state index contributed by atoms with van der Waals surface area (Å²) in [5.41, 5.74) is 18.3. The number of carbonyl (C=O) groups is 5. The lowest BCUT2D eigenvalue weighted by Gasteiger charge is -2.25. The summed E-state index contributed by atoms with van der Waals surface area (Å²) in [5, 5.41) is 26.7. The first kappa shape index (κ1) is 33.7. The molecule has 13 heteroatoms. The van der Waals surface area contributed by atoms with Crippen LogP contribution in [0.2, 0.25) is 0 Å². The van der Waals surface area contributed by atoms with Gasteiger partial charge in [0.1, 0.15) is 23.9 Å². The first-order chi connectivity index (χ1) is 20.0. The van der Waals surface area contributed by atoms with E-state index in [0.29, 0.717) is 24.9 Å². The molecule has 0 bridgehead atoms. The predicted molar refractivity (Wildman–Crippen MR) is 155 cm³/mol. The second-order valence-corrected chi connectivity index (χ2v) is 9.98. The molecule has 4 unspecified atom stereocenters. The molecule has 0 aliphatic rings. The Bertz CT molecular complexity index is 1190. The van der Waals surface area contributed by atoms with Gasteiger partial charge in [-0.15, -0.1) is 0 Å². The number of hydrogen-bond acceptors (Lipinski definition) is 8. The monoisotopic (exact) mass is 584 g/mol. The zero-order valence-corrected chi connectivity index (χ0v) is 23.3. The standard InChI is InChI=1S/C29H40N6O7/c30-15-5-4-8-22(27(39)34-23(29(41)42)13-14-25(32)37)33-28(40)24(17-18-6-2-1-3-7-18)35-26(38)21(31)16-19-9-11-20(36)12-10-19/h1-3,6-7,9-12,21-24,36H,4-5,8,13-17,30-31H2,(H2,32,37)(H,33,40)(H,34,39)(H,35,38)(H,41,42). The van der Waals surface area contributed by atoms with Gasteiger partial charge in [-0.3, -0.25) is 19.2 Å². The summed E-state index contributed by atoms with van der Waals surface area (Å²) in [4.78, 5) is 62.4. The Morgan fingerprint density at radius 3 is 1.88 bits per heavy atom. The lowest BCUT2D eigenvalue weighted by atomic mass is 10.0. The van der Waals surface area contributed by atoms with E-state index in [-0.39, 0.29) is 37.9 Å². The first-order valence-electron chi connectivity index (χ1n) is 13.7. The Morgan fingerprint density at radius 1 is 0.714 bits per heavy atom. The van der Waals surface area contributed by atoms with Crippen molar-refractivity contribution in [2.75, 3.05) is 6.54 Å². The minimum absolute atomic E-state index is 0.0731. The predicted octanol–water partition coefficient (Wildman–Crippen LogP) is -0.562. The summed E-state index contributed by atoms with van der Waals surface area (Å²) in [6.45, 7) is 0.351. The van der Waals surface area contributed by atoms with Crippen molar-refractivity contribution in [3.8, 4) is 5.75 Å². The minimum Gasteiger partial charge on any atom is -0.508 e. The van der Waals surface area contributed by atoms with Crippen molar-refractivity contribution in [1.82, 2.24) is 16.0 Å². The van der Waals surface area contributed by atoms with Gasteiger partial charge < -0.3 is 43.4 Å². The van der Waals surface area contributed by atoms with Crippen LogP contribution in [0.4, 0.5) is 0 Å². The number of primary amides is 1. The number of aliphatic carboxylic acids is 1. The van der Waals surface area contributed by atoms with Crippen molar-refractivity contribution in [2.45, 2.75) is 69.1 Å². The summed E-state index contributed by atoms with van der Waals surface area (Å²) in [5.74, 6) is -4.02. The number of amides is 4. The van der Waals surface area contributed by atoms with Gasteiger partial charge in [0.25, 0.3) is 0 Å². The number of benzene rings is 2. The Balaban J connectivity index is 2.21. The summed E-state index contributed by atoms with van der Waals surface area (Å²) in [6.07, 6.45) is 0.947. The van der Waals surface area contributed by atoms with E-state index in [0.717, 1.165) is 5.56 Å². The van der Waals surface area contributed by atoms with Crippen LogP contribution in [0.25, 0.3) is 0 Å². The van der Waals surface area contributed by atoms with E-state index in [4.69, 9.17) is 17.2 Å². The highest BCUT2D eigenvalue weighted by atomic mass is 16.4. The molecule has 11 N–H and O–H groups in total. The number of nitrogens with two attached hydrogens (primary N) is 3. The molecule has 2 rings (SSSR count). The molecule has 0 spiro atoms. The maximum Gasteiger partial charge on any atom is 0.326 e. The van der Waals surface area contributed by atoms with E-state index in [1.54, 1.807) is 42.5 Å². The topological polar surface area (TPSA) is 240 Å². The Hall–Kier alpha value is -4.49. The summed E-state index contributed by atoms with van der Waals surface area (Å²) in [6, 6.07) is 10.5. The van der Waals surface area contributed by atoms with Crippen LogP contribution < -0.4 is 33.2 Å². The van der Waals surface area contributed by atoms with Gasteiger partial charge in [-0.1, -0.05) is 42.5 Å². The third kappa shape index (κ3) is 11.9. The van der Waals surface area contributed by atoms with E-state index in [1.165, 1.54) is 12.1 Å². The molecule has 2 aromatic carbocycles. The van der Waals surface area contributed by atoms with Gasteiger partial charge in [0, 0.05) is 12.8 Å². The molecule has 0 aromatic heterocycles. The Morgan fingerprint density at radius 2 is 1.29 bits per heavy atom. The van der Waals surface area contributed by atoms with Crippen molar-refractivity contribution in [3.05, 3.63) is 65.7 Å². The van der Waals surface area contributed by atoms with Crippen molar-refractivity contribution in [1.29, 1.82) is 0 Å². The normalized spacial score (nSPS) is 13.7. The summed E-state index contributed by atoms with van der Waals surface area (Å²) >= 11 is 0. The van der Waals surface area contributed by atoms with Gasteiger partial charge >= 0.3 is 5.97 Å². The van der Waals surface area contributed by atoms with Gasteiger partial charge in [0.15, 0.2) is 0 Å². The zero-order valence-electron chi connectivity index (χ0n) is 23.3. The average Bonchev–Trinajstić information content (AvgIpc) is 2.95. The molecular weight excluding hydrogens is 544 g/mol. The molecule has 0 saturated carbocycles. The number of carbonyl (C=O) groups excluding carboxylic acids is 4. The molecular formula is C29H40N6O7. The fourth-order valence-electron chi connectivity index (χ4n) is 4.17. The number of carboxylic acid groups (broad SMARTS) is 1. The minimum atomic E-state index is -1.39. The number of hydrogen-bond donors (Lipinski definition) is 8. The molecule has 228 valence electrons. The maximum absolute atomic E-state index is 13.5. The van der Waals surface area contributed by atoms with Crippen LogP contribution in [0.15, 0.2) is 54.6 Å². The smallest absolute Gasteiger partial charge is 0.326 e. The van der Waals surface area contributed by atoms with Gasteiger partial charge in [-0.05, 0) is 61.9 Å². The first-order valence-corrected chi connectivity index (χ1v) is 13.7. The summed E-state index contributed by atoms with van der Waals surface area (Å²) in [7, 11) is 0. The van der Waals surface area contributed by atoms with Crippen molar-refractivity contribution < 1.29 is 34.2 Å². The highest BCUT2D eigenvalue weighted by Crippen LogP contribution is 2.12. The van der Waals surface area contributed by atoms with Crippen LogP contribution in [-0.4, -0.2) is 70.5 Å². The molecule has 4 amide bonds. The number of phenolic OH excluding ortho intramolecular Hbond substituents is 1. The second-order valence-electron chi connectivity index (χ2n) is 9.98. The van der Waals surface area contributed by atoms with Crippen LogP contribution in [0.1, 0.15) is 43.2 Å². The quantitative estimate of drug-likeness (QED) is 0.105. The van der Waals surface area contributed by atoms with Crippen LogP contribution >= 0.6 is 0 Å². The number of nitrogens with one attached hydrogen (secondary N) is 3. The number of unbranched alkanes of at least 4 members (excludes halogenated alkanes) is 1. The van der Waals surface area contributed by atoms with E-state index < -0.39 is 53.8 Å². The highest BCUT2D eigenvalue weighted by Gasteiger charge is 2.30. The SMILES string of the molecule is NCCCCC(NC(=O)C(Cc1ccccc1)NC(=O)C(N)Cc1ccc(O)cc1)C(=O)NC(CCC(N)=O)C(=O)O. The number of aromatic hydroxyl groups is 1. The largest absolute Gasteiger partial charge is 0.508 e. The molecule has 4 atom stereocenters. The summed E-state index contributed by atoms with van der Waals surface area (Å²) < 4.78 is 0. The number of carboxylic acids is 1. The molecule has 42 heavy (non-hydrogen) atoms. The fourth-order valence-corrected chi connectivity index (χ4v) is 4.17. The third-order valence-corrected chi connectivity index (χ3v) is 6.52. The van der Waals surface area contributed by atoms with Gasteiger partial charge in [0.05, 0.1) is 6.04 Å². The molecule has 0 aliphatic heterocycles. The van der Waals surface area contributed by atoms with E-state index >= 15 is 0 Å². The van der Waals surface area contributed by atoms with E-state index in [9.17, 15) is 34.2 Å². The molecule has 0 saturated heterocycles. The fraction of sp³-hybridized carbons (Fsp3) is 0.414. The zero-order chi connectivity index (χ0) is 31.1. The Labute approximate surface area is 244 Å². The van der Waals surface area contributed by atoms with Gasteiger partial charge in [-0.2, -0.15) is 0 Å². The molecule has 0 aliphatic carbocycles. The van der Waals surface area contributed by atoms with Crippen LogP contribution in [0, 0.1) is 0 Å².